The van der Waals surface area contributed by atoms with E-state index in [1.54, 1.807) is 0 Å². The van der Waals surface area contributed by atoms with E-state index in [4.69, 9.17) is 5.73 Å². The van der Waals surface area contributed by atoms with Crippen LogP contribution in [-0.4, -0.2) is 6.04 Å². The van der Waals surface area contributed by atoms with Gasteiger partial charge in [0.25, 0.3) is 0 Å². The van der Waals surface area contributed by atoms with E-state index in [0.29, 0.717) is 6.04 Å². The zero-order valence-corrected chi connectivity index (χ0v) is 11.2. The monoisotopic (exact) mass is 232 g/mol. The fourth-order valence-electron chi connectivity index (χ4n) is 2.69. The minimum absolute atomic E-state index is 0.591. The first kappa shape index (κ1) is 12.3. The van der Waals surface area contributed by atoms with Gasteiger partial charge in [-0.05, 0) is 55.9 Å². The molecule has 94 valence electrons. The summed E-state index contributed by atoms with van der Waals surface area (Å²) in [7, 11) is 0. The highest BCUT2D eigenvalue weighted by molar-refractivity contribution is 5.68. The van der Waals surface area contributed by atoms with Gasteiger partial charge in [-0.3, -0.25) is 0 Å². The van der Waals surface area contributed by atoms with Gasteiger partial charge in [-0.2, -0.15) is 0 Å². The van der Waals surface area contributed by atoms with Crippen LogP contribution in [0.2, 0.25) is 0 Å². The van der Waals surface area contributed by atoms with Gasteiger partial charge in [-0.1, -0.05) is 19.8 Å². The van der Waals surface area contributed by atoms with Crippen molar-refractivity contribution in [1.29, 1.82) is 0 Å². The predicted octanol–water partition coefficient (Wildman–Crippen LogP) is 3.88. The number of nitrogen functional groups attached to an aromatic ring is 1. The van der Waals surface area contributed by atoms with Crippen LogP contribution in [0.4, 0.5) is 11.4 Å². The largest absolute Gasteiger partial charge is 0.397 e. The van der Waals surface area contributed by atoms with E-state index in [0.717, 1.165) is 17.3 Å². The molecule has 1 aliphatic rings. The third-order valence-corrected chi connectivity index (χ3v) is 4.12. The van der Waals surface area contributed by atoms with Crippen molar-refractivity contribution in [2.24, 2.45) is 5.92 Å². The summed E-state index contributed by atoms with van der Waals surface area (Å²) in [5.74, 6) is 0.754. The molecule has 1 aromatic rings. The zero-order valence-electron chi connectivity index (χ0n) is 11.2. The van der Waals surface area contributed by atoms with E-state index >= 15 is 0 Å². The molecule has 0 amide bonds. The minimum atomic E-state index is 0.591. The second kappa shape index (κ2) is 4.99. The number of benzene rings is 1. The number of aryl methyl sites for hydroxylation is 2. The van der Waals surface area contributed by atoms with Gasteiger partial charge in [0.1, 0.15) is 0 Å². The van der Waals surface area contributed by atoms with E-state index in [2.05, 4.69) is 38.2 Å². The number of nitrogens with one attached hydrogen (secondary N) is 1. The van der Waals surface area contributed by atoms with Gasteiger partial charge in [-0.25, -0.2) is 0 Å². The molecule has 3 N–H and O–H groups in total. The SMILES string of the molecule is Cc1cc(N)c(N[C@H]2CCCC[C@H]2C)cc1C. The van der Waals surface area contributed by atoms with Gasteiger partial charge in [0, 0.05) is 6.04 Å². The second-order valence-electron chi connectivity index (χ2n) is 5.54. The maximum Gasteiger partial charge on any atom is 0.0579 e. The summed E-state index contributed by atoms with van der Waals surface area (Å²) in [5, 5.41) is 3.64. The van der Waals surface area contributed by atoms with Crippen LogP contribution in [0.25, 0.3) is 0 Å². The number of rotatable bonds is 2. The highest BCUT2D eigenvalue weighted by Crippen LogP contribution is 2.30. The number of hydrogen-bond donors (Lipinski definition) is 2. The van der Waals surface area contributed by atoms with E-state index in [-0.39, 0.29) is 0 Å². The maximum absolute atomic E-state index is 6.09. The van der Waals surface area contributed by atoms with Crippen LogP contribution >= 0.6 is 0 Å². The Labute approximate surface area is 105 Å². The van der Waals surface area contributed by atoms with E-state index in [9.17, 15) is 0 Å². The first-order valence-corrected chi connectivity index (χ1v) is 6.71. The molecule has 2 atom stereocenters. The van der Waals surface area contributed by atoms with Crippen molar-refractivity contribution in [3.8, 4) is 0 Å². The Morgan fingerprint density at radius 3 is 2.47 bits per heavy atom. The van der Waals surface area contributed by atoms with Gasteiger partial charge in [0.2, 0.25) is 0 Å². The fourth-order valence-corrected chi connectivity index (χ4v) is 2.69. The number of anilines is 2. The average molecular weight is 232 g/mol. The molecule has 1 aliphatic carbocycles. The van der Waals surface area contributed by atoms with Gasteiger partial charge in [-0.15, -0.1) is 0 Å². The fraction of sp³-hybridized carbons (Fsp3) is 0.600. The lowest BCUT2D eigenvalue weighted by Gasteiger charge is -2.31. The highest BCUT2D eigenvalue weighted by Gasteiger charge is 2.21. The molecule has 2 rings (SSSR count). The van der Waals surface area contributed by atoms with Crippen molar-refractivity contribution in [2.45, 2.75) is 52.5 Å². The Kier molecular flexibility index (Phi) is 3.60. The molecule has 0 radical (unpaired) electrons. The average Bonchev–Trinajstić information content (AvgIpc) is 2.29. The van der Waals surface area contributed by atoms with Crippen molar-refractivity contribution < 1.29 is 0 Å². The summed E-state index contributed by atoms with van der Waals surface area (Å²) < 4.78 is 0. The van der Waals surface area contributed by atoms with Gasteiger partial charge in [0.15, 0.2) is 0 Å². The summed E-state index contributed by atoms with van der Waals surface area (Å²) in [4.78, 5) is 0. The van der Waals surface area contributed by atoms with E-state index in [1.807, 2.05) is 0 Å². The van der Waals surface area contributed by atoms with Gasteiger partial charge < -0.3 is 11.1 Å². The molecule has 1 fully saturated rings. The van der Waals surface area contributed by atoms with E-state index < -0.39 is 0 Å². The van der Waals surface area contributed by atoms with Gasteiger partial charge in [0.05, 0.1) is 11.4 Å². The van der Waals surface area contributed by atoms with Crippen LogP contribution in [0.5, 0.6) is 0 Å². The first-order valence-electron chi connectivity index (χ1n) is 6.71. The van der Waals surface area contributed by atoms with E-state index in [1.165, 1.54) is 36.8 Å². The third-order valence-electron chi connectivity index (χ3n) is 4.12. The van der Waals surface area contributed by atoms with Crippen LogP contribution in [0.3, 0.4) is 0 Å². The maximum atomic E-state index is 6.09. The molecular weight excluding hydrogens is 208 g/mol. The first-order chi connectivity index (χ1) is 8.08. The molecule has 0 spiro atoms. The molecule has 0 saturated heterocycles. The van der Waals surface area contributed by atoms with Crippen molar-refractivity contribution in [2.75, 3.05) is 11.1 Å². The molecule has 1 aromatic carbocycles. The molecule has 0 aliphatic heterocycles. The Morgan fingerprint density at radius 2 is 1.76 bits per heavy atom. The van der Waals surface area contributed by atoms with Crippen LogP contribution in [0.15, 0.2) is 12.1 Å². The molecule has 1 saturated carbocycles. The van der Waals surface area contributed by atoms with Crippen LogP contribution in [0.1, 0.15) is 43.7 Å². The number of nitrogens with two attached hydrogens (primary N) is 1. The Morgan fingerprint density at radius 1 is 1.12 bits per heavy atom. The number of hydrogen-bond acceptors (Lipinski definition) is 2. The standard InChI is InChI=1S/C15H24N2/c1-10-6-4-5-7-14(10)17-15-9-12(3)11(2)8-13(15)16/h8-10,14,17H,4-7,16H2,1-3H3/t10-,14+/m1/s1. The second-order valence-corrected chi connectivity index (χ2v) is 5.54. The predicted molar refractivity (Wildman–Crippen MR) is 75.4 cm³/mol. The summed E-state index contributed by atoms with van der Waals surface area (Å²) in [5.41, 5.74) is 10.7. The lowest BCUT2D eigenvalue weighted by atomic mass is 9.85. The Hall–Kier alpha value is -1.18. The Bertz CT molecular complexity index is 398. The molecule has 17 heavy (non-hydrogen) atoms. The molecule has 2 nitrogen and oxygen atoms in total. The normalized spacial score (nSPS) is 24.6. The lowest BCUT2D eigenvalue weighted by Crippen LogP contribution is -2.30. The van der Waals surface area contributed by atoms with Crippen molar-refractivity contribution in [3.05, 3.63) is 23.3 Å². The molecule has 0 heterocycles. The quantitative estimate of drug-likeness (QED) is 0.759. The molecule has 0 bridgehead atoms. The van der Waals surface area contributed by atoms with Crippen molar-refractivity contribution in [1.82, 2.24) is 0 Å². The molecule has 2 heteroatoms. The van der Waals surface area contributed by atoms with Gasteiger partial charge >= 0.3 is 0 Å². The molecule has 0 unspecified atom stereocenters. The van der Waals surface area contributed by atoms with Crippen LogP contribution in [0, 0.1) is 19.8 Å². The third kappa shape index (κ3) is 2.74. The topological polar surface area (TPSA) is 38.0 Å². The van der Waals surface area contributed by atoms with Crippen molar-refractivity contribution >= 4 is 11.4 Å². The minimum Gasteiger partial charge on any atom is -0.397 e. The lowest BCUT2D eigenvalue weighted by molar-refractivity contribution is 0.349. The zero-order chi connectivity index (χ0) is 12.4. The Balaban J connectivity index is 2.15. The smallest absolute Gasteiger partial charge is 0.0579 e. The van der Waals surface area contributed by atoms with Crippen molar-refractivity contribution in [3.63, 3.8) is 0 Å². The molecule has 0 aromatic heterocycles. The summed E-state index contributed by atoms with van der Waals surface area (Å²) in [6.45, 7) is 6.59. The summed E-state index contributed by atoms with van der Waals surface area (Å²) in [6.07, 6.45) is 5.32. The van der Waals surface area contributed by atoms with Crippen LogP contribution in [-0.2, 0) is 0 Å². The summed E-state index contributed by atoms with van der Waals surface area (Å²) in [6, 6.07) is 4.85. The summed E-state index contributed by atoms with van der Waals surface area (Å²) >= 11 is 0. The highest BCUT2D eigenvalue weighted by atomic mass is 14.9. The molecular formula is C15H24N2. The van der Waals surface area contributed by atoms with Crippen LogP contribution < -0.4 is 11.1 Å².